The number of fused-ring (bicyclic) bond motifs is 1. The van der Waals surface area contributed by atoms with Gasteiger partial charge in [-0.1, -0.05) is 12.1 Å². The van der Waals surface area contributed by atoms with Gasteiger partial charge in [-0.3, -0.25) is 4.79 Å². The molecule has 1 amide bonds. The molecule has 0 atom stereocenters. The fourth-order valence-corrected chi connectivity index (χ4v) is 2.88. The highest BCUT2D eigenvalue weighted by Gasteiger charge is 2.10. The molecule has 1 N–H and O–H groups in total. The van der Waals surface area contributed by atoms with E-state index in [9.17, 15) is 4.79 Å². The molecule has 0 unspecified atom stereocenters. The number of nitriles is 1. The van der Waals surface area contributed by atoms with Crippen LogP contribution in [0.4, 0.5) is 0 Å². The van der Waals surface area contributed by atoms with Crippen molar-refractivity contribution < 1.29 is 4.79 Å². The Morgan fingerprint density at radius 3 is 3.24 bits per heavy atom. The monoisotopic (exact) mass is 246 g/mol. The summed E-state index contributed by atoms with van der Waals surface area (Å²) >= 11 is 1.90. The van der Waals surface area contributed by atoms with Gasteiger partial charge < -0.3 is 5.32 Å². The number of carbonyl (C=O) groups excluding carboxylic acids is 1. The third-order valence-corrected chi connectivity index (χ3v) is 3.90. The van der Waals surface area contributed by atoms with Crippen LogP contribution >= 0.6 is 11.8 Å². The van der Waals surface area contributed by atoms with Crippen LogP contribution in [0, 0.1) is 11.3 Å². The second-order valence-corrected chi connectivity index (χ2v) is 5.14. The van der Waals surface area contributed by atoms with Crippen LogP contribution in [0.1, 0.15) is 24.0 Å². The zero-order valence-corrected chi connectivity index (χ0v) is 10.3. The van der Waals surface area contributed by atoms with E-state index in [-0.39, 0.29) is 12.3 Å². The molecule has 88 valence electrons. The predicted molar refractivity (Wildman–Crippen MR) is 67.6 cm³/mol. The highest BCUT2D eigenvalue weighted by molar-refractivity contribution is 7.99. The number of nitrogens with one attached hydrogen (secondary N) is 1. The average Bonchev–Trinajstić information content (AvgIpc) is 2.36. The predicted octanol–water partition coefficient (Wildman–Crippen LogP) is 2.25. The summed E-state index contributed by atoms with van der Waals surface area (Å²) in [7, 11) is 0. The van der Waals surface area contributed by atoms with Crippen molar-refractivity contribution >= 4 is 17.7 Å². The Kier molecular flexibility index (Phi) is 4.05. The van der Waals surface area contributed by atoms with E-state index >= 15 is 0 Å². The number of hydrogen-bond acceptors (Lipinski definition) is 3. The first-order valence-electron chi connectivity index (χ1n) is 5.68. The normalized spacial score (nSPS) is 13.6. The number of thioether (sulfide) groups is 1. The van der Waals surface area contributed by atoms with Crippen LogP contribution in [-0.2, 0) is 17.8 Å². The van der Waals surface area contributed by atoms with Gasteiger partial charge in [0.1, 0.15) is 6.42 Å². The zero-order chi connectivity index (χ0) is 12.1. The molecule has 0 aromatic heterocycles. The molecule has 2 rings (SSSR count). The van der Waals surface area contributed by atoms with Crippen LogP contribution in [0.2, 0.25) is 0 Å². The maximum atomic E-state index is 11.2. The summed E-state index contributed by atoms with van der Waals surface area (Å²) in [5.41, 5.74) is 2.49. The topological polar surface area (TPSA) is 52.9 Å². The first-order valence-corrected chi connectivity index (χ1v) is 6.66. The minimum Gasteiger partial charge on any atom is -0.351 e. The van der Waals surface area contributed by atoms with Gasteiger partial charge in [0.2, 0.25) is 5.91 Å². The molecule has 1 heterocycles. The molecule has 1 aliphatic heterocycles. The van der Waals surface area contributed by atoms with E-state index in [1.165, 1.54) is 22.6 Å². The lowest BCUT2D eigenvalue weighted by Crippen LogP contribution is -2.21. The summed E-state index contributed by atoms with van der Waals surface area (Å²) in [4.78, 5) is 12.5. The summed E-state index contributed by atoms with van der Waals surface area (Å²) < 4.78 is 0. The zero-order valence-electron chi connectivity index (χ0n) is 9.53. The first kappa shape index (κ1) is 12.0. The van der Waals surface area contributed by atoms with Gasteiger partial charge >= 0.3 is 0 Å². The van der Waals surface area contributed by atoms with Crippen LogP contribution in [0.5, 0.6) is 0 Å². The van der Waals surface area contributed by atoms with E-state index in [0.29, 0.717) is 6.54 Å². The summed E-state index contributed by atoms with van der Waals surface area (Å²) in [5.74, 6) is 0.991. The Bertz CT molecular complexity index is 465. The minimum absolute atomic E-state index is 0.0687. The smallest absolute Gasteiger partial charge is 0.234 e. The van der Waals surface area contributed by atoms with Crippen molar-refractivity contribution in [2.45, 2.75) is 30.7 Å². The summed E-state index contributed by atoms with van der Waals surface area (Å²) in [6.07, 6.45) is 2.28. The number of rotatable bonds is 3. The Morgan fingerprint density at radius 2 is 2.41 bits per heavy atom. The molecule has 1 aliphatic rings. The Hall–Kier alpha value is -1.47. The van der Waals surface area contributed by atoms with Crippen molar-refractivity contribution in [1.82, 2.24) is 5.32 Å². The maximum Gasteiger partial charge on any atom is 0.234 e. The number of hydrogen-bond donors (Lipinski definition) is 1. The van der Waals surface area contributed by atoms with E-state index in [2.05, 4.69) is 17.4 Å². The van der Waals surface area contributed by atoms with Crippen molar-refractivity contribution in [3.05, 3.63) is 29.3 Å². The summed E-state index contributed by atoms with van der Waals surface area (Å²) in [6.45, 7) is 0.512. The van der Waals surface area contributed by atoms with E-state index in [4.69, 9.17) is 5.26 Å². The van der Waals surface area contributed by atoms with Crippen molar-refractivity contribution in [2.24, 2.45) is 0 Å². The first-order chi connectivity index (χ1) is 8.29. The van der Waals surface area contributed by atoms with Gasteiger partial charge in [0.05, 0.1) is 6.07 Å². The van der Waals surface area contributed by atoms with Gasteiger partial charge in [-0.25, -0.2) is 0 Å². The van der Waals surface area contributed by atoms with Crippen molar-refractivity contribution in [3.8, 4) is 6.07 Å². The standard InChI is InChI=1S/C13H14N2OS/c14-6-5-13(16)15-9-10-3-4-12-11(8-10)2-1-7-17-12/h3-4,8H,1-2,5,7,9H2,(H,15,16). The van der Waals surface area contributed by atoms with E-state index < -0.39 is 0 Å². The number of benzene rings is 1. The molecule has 0 bridgehead atoms. The molecular formula is C13H14N2OS. The van der Waals surface area contributed by atoms with E-state index in [1.807, 2.05) is 23.9 Å². The fraction of sp³-hybridized carbons (Fsp3) is 0.385. The van der Waals surface area contributed by atoms with Crippen molar-refractivity contribution in [3.63, 3.8) is 0 Å². The lowest BCUT2D eigenvalue weighted by molar-refractivity contribution is -0.120. The molecule has 17 heavy (non-hydrogen) atoms. The molecule has 1 aromatic carbocycles. The maximum absolute atomic E-state index is 11.2. The SMILES string of the molecule is N#CCC(=O)NCc1ccc2c(c1)CCCS2. The second kappa shape index (κ2) is 5.74. The molecule has 3 nitrogen and oxygen atoms in total. The molecule has 0 spiro atoms. The summed E-state index contributed by atoms with van der Waals surface area (Å²) in [6, 6.07) is 8.17. The number of amides is 1. The van der Waals surface area contributed by atoms with E-state index in [1.54, 1.807) is 0 Å². The molecule has 0 aliphatic carbocycles. The molecule has 4 heteroatoms. The van der Waals surface area contributed by atoms with Gasteiger partial charge in [-0.15, -0.1) is 11.8 Å². The van der Waals surface area contributed by atoms with Gasteiger partial charge in [0, 0.05) is 11.4 Å². The molecule has 0 saturated carbocycles. The highest BCUT2D eigenvalue weighted by atomic mass is 32.2. The fourth-order valence-electron chi connectivity index (χ4n) is 1.86. The van der Waals surface area contributed by atoms with Crippen molar-refractivity contribution in [2.75, 3.05) is 5.75 Å². The molecule has 1 aromatic rings. The van der Waals surface area contributed by atoms with Crippen molar-refractivity contribution in [1.29, 1.82) is 5.26 Å². The number of aryl methyl sites for hydroxylation is 1. The average molecular weight is 246 g/mol. The number of nitrogens with zero attached hydrogens (tertiary/aromatic N) is 1. The quantitative estimate of drug-likeness (QED) is 0.890. The van der Waals surface area contributed by atoms with Gasteiger partial charge in [-0.05, 0) is 35.8 Å². The lowest BCUT2D eigenvalue weighted by Gasteiger charge is -2.16. The lowest BCUT2D eigenvalue weighted by atomic mass is 10.1. The highest BCUT2D eigenvalue weighted by Crippen LogP contribution is 2.30. The van der Waals surface area contributed by atoms with Gasteiger partial charge in [-0.2, -0.15) is 5.26 Å². The molecule has 0 radical (unpaired) electrons. The largest absolute Gasteiger partial charge is 0.351 e. The van der Waals surface area contributed by atoms with Gasteiger partial charge in [0.25, 0.3) is 0 Å². The Labute approximate surface area is 105 Å². The molecular weight excluding hydrogens is 232 g/mol. The molecule has 0 saturated heterocycles. The Balaban J connectivity index is 1.98. The summed E-state index contributed by atoms with van der Waals surface area (Å²) in [5, 5.41) is 11.1. The van der Waals surface area contributed by atoms with E-state index in [0.717, 1.165) is 12.0 Å². The van der Waals surface area contributed by atoms with Crippen LogP contribution in [0.3, 0.4) is 0 Å². The third kappa shape index (κ3) is 3.24. The van der Waals surface area contributed by atoms with Gasteiger partial charge in [0.15, 0.2) is 0 Å². The third-order valence-electron chi connectivity index (χ3n) is 2.70. The van der Waals surface area contributed by atoms with Crippen LogP contribution in [-0.4, -0.2) is 11.7 Å². The number of carbonyl (C=O) groups is 1. The van der Waals surface area contributed by atoms with Crippen LogP contribution in [0.25, 0.3) is 0 Å². The minimum atomic E-state index is -0.209. The van der Waals surface area contributed by atoms with Crippen LogP contribution < -0.4 is 5.32 Å². The molecule has 0 fully saturated rings. The second-order valence-electron chi connectivity index (χ2n) is 4.01. The Morgan fingerprint density at radius 1 is 1.53 bits per heavy atom. The van der Waals surface area contributed by atoms with Crippen LogP contribution in [0.15, 0.2) is 23.1 Å².